The number of likely N-dealkylation sites (tertiary alicyclic amines) is 1. The number of aromatic nitrogens is 1. The van der Waals surface area contributed by atoms with Crippen molar-refractivity contribution in [2.45, 2.75) is 45.2 Å². The largest absolute Gasteiger partial charge is 0.333 e. The van der Waals surface area contributed by atoms with Crippen LogP contribution in [-0.2, 0) is 0 Å². The van der Waals surface area contributed by atoms with E-state index in [0.29, 0.717) is 22.8 Å². The van der Waals surface area contributed by atoms with Crippen molar-refractivity contribution in [2.75, 3.05) is 0 Å². The molecule has 1 aromatic rings. The highest BCUT2D eigenvalue weighted by Crippen LogP contribution is 2.24. The summed E-state index contributed by atoms with van der Waals surface area (Å²) < 4.78 is 0. The number of hydrogen-bond donors (Lipinski definition) is 0. The Morgan fingerprint density at radius 2 is 2.06 bits per heavy atom. The number of carbonyl (C=O) groups excluding carboxylic acids is 1. The van der Waals surface area contributed by atoms with Gasteiger partial charge in [-0.05, 0) is 45.2 Å². The van der Waals surface area contributed by atoms with Gasteiger partial charge in [0.05, 0.1) is 0 Å². The second-order valence-electron chi connectivity index (χ2n) is 4.71. The van der Waals surface area contributed by atoms with Crippen LogP contribution in [0.3, 0.4) is 0 Å². The van der Waals surface area contributed by atoms with Crippen molar-refractivity contribution in [3.63, 3.8) is 0 Å². The van der Waals surface area contributed by atoms with Gasteiger partial charge in [-0.2, -0.15) is 0 Å². The Morgan fingerprint density at radius 1 is 1.41 bits per heavy atom. The van der Waals surface area contributed by atoms with E-state index in [-0.39, 0.29) is 5.91 Å². The monoisotopic (exact) mass is 252 g/mol. The van der Waals surface area contributed by atoms with Gasteiger partial charge in [-0.1, -0.05) is 11.6 Å². The van der Waals surface area contributed by atoms with Crippen molar-refractivity contribution < 1.29 is 4.79 Å². The number of carbonyl (C=O) groups is 1. The molecule has 1 amide bonds. The molecule has 2 heterocycles. The minimum Gasteiger partial charge on any atom is -0.333 e. The van der Waals surface area contributed by atoms with Gasteiger partial charge in [-0.15, -0.1) is 0 Å². The van der Waals surface area contributed by atoms with E-state index in [1.54, 1.807) is 18.3 Å². The Bertz CT molecular complexity index is 412. The molecule has 1 aliphatic heterocycles. The van der Waals surface area contributed by atoms with Crippen LogP contribution in [0.1, 0.15) is 43.5 Å². The standard InChI is InChI=1S/C13H17ClN2O/c1-9-4-3-5-10(2)16(9)13(17)11-6-7-15-12(14)8-11/h6-10H,3-5H2,1-2H3/t9-,10+. The van der Waals surface area contributed by atoms with Crippen molar-refractivity contribution in [3.05, 3.63) is 29.0 Å². The highest BCUT2D eigenvalue weighted by atomic mass is 35.5. The first-order valence-electron chi connectivity index (χ1n) is 6.04. The molecule has 92 valence electrons. The molecule has 0 unspecified atom stereocenters. The maximum absolute atomic E-state index is 12.4. The van der Waals surface area contributed by atoms with Crippen LogP contribution < -0.4 is 0 Å². The van der Waals surface area contributed by atoms with Crippen molar-refractivity contribution in [1.82, 2.24) is 9.88 Å². The molecule has 0 spiro atoms. The molecule has 2 atom stereocenters. The Labute approximate surface area is 107 Å². The van der Waals surface area contributed by atoms with Gasteiger partial charge >= 0.3 is 0 Å². The molecule has 1 aliphatic rings. The maximum atomic E-state index is 12.4. The first-order chi connectivity index (χ1) is 8.09. The predicted molar refractivity (Wildman–Crippen MR) is 68.2 cm³/mol. The lowest BCUT2D eigenvalue weighted by Crippen LogP contribution is -2.47. The minimum atomic E-state index is 0.0639. The Morgan fingerprint density at radius 3 is 2.65 bits per heavy atom. The molecule has 0 aliphatic carbocycles. The zero-order chi connectivity index (χ0) is 12.4. The Hall–Kier alpha value is -1.09. The van der Waals surface area contributed by atoms with Gasteiger partial charge in [0.25, 0.3) is 5.91 Å². The van der Waals surface area contributed by atoms with Gasteiger partial charge < -0.3 is 4.90 Å². The van der Waals surface area contributed by atoms with E-state index in [0.717, 1.165) is 12.8 Å². The second-order valence-corrected chi connectivity index (χ2v) is 5.10. The highest BCUT2D eigenvalue weighted by molar-refractivity contribution is 6.29. The van der Waals surface area contributed by atoms with Crippen LogP contribution in [0.5, 0.6) is 0 Å². The number of hydrogen-bond acceptors (Lipinski definition) is 2. The number of nitrogens with zero attached hydrogens (tertiary/aromatic N) is 2. The van der Waals surface area contributed by atoms with Crippen molar-refractivity contribution in [3.8, 4) is 0 Å². The van der Waals surface area contributed by atoms with Gasteiger partial charge in [0, 0.05) is 23.8 Å². The molecule has 0 bridgehead atoms. The summed E-state index contributed by atoms with van der Waals surface area (Å²) in [6.45, 7) is 4.21. The van der Waals surface area contributed by atoms with Crippen molar-refractivity contribution in [2.24, 2.45) is 0 Å². The lowest BCUT2D eigenvalue weighted by molar-refractivity contribution is 0.0510. The summed E-state index contributed by atoms with van der Waals surface area (Å²) in [6.07, 6.45) is 4.93. The molecule has 17 heavy (non-hydrogen) atoms. The minimum absolute atomic E-state index is 0.0639. The molecule has 1 fully saturated rings. The van der Waals surface area contributed by atoms with Gasteiger partial charge in [-0.3, -0.25) is 4.79 Å². The fourth-order valence-corrected chi connectivity index (χ4v) is 2.68. The number of pyridine rings is 1. The molecule has 1 saturated heterocycles. The predicted octanol–water partition coefficient (Wildman–Crippen LogP) is 3.14. The molecule has 0 N–H and O–H groups in total. The van der Waals surface area contributed by atoms with Crippen LogP contribution in [0.25, 0.3) is 0 Å². The zero-order valence-electron chi connectivity index (χ0n) is 10.2. The van der Waals surface area contributed by atoms with Gasteiger partial charge in [0.15, 0.2) is 0 Å². The third kappa shape index (κ3) is 2.60. The molecule has 2 rings (SSSR count). The van der Waals surface area contributed by atoms with E-state index in [1.165, 1.54) is 6.42 Å². The van der Waals surface area contributed by atoms with Crippen molar-refractivity contribution in [1.29, 1.82) is 0 Å². The van der Waals surface area contributed by atoms with E-state index in [9.17, 15) is 4.79 Å². The SMILES string of the molecule is C[C@@H]1CCC[C@H](C)N1C(=O)c1ccnc(Cl)c1. The van der Waals surface area contributed by atoms with E-state index in [1.807, 2.05) is 4.90 Å². The highest BCUT2D eigenvalue weighted by Gasteiger charge is 2.29. The van der Waals surface area contributed by atoms with Crippen molar-refractivity contribution >= 4 is 17.5 Å². The average molecular weight is 253 g/mol. The summed E-state index contributed by atoms with van der Waals surface area (Å²) in [5.41, 5.74) is 0.630. The molecular weight excluding hydrogens is 236 g/mol. The van der Waals surface area contributed by atoms with Crippen LogP contribution >= 0.6 is 11.6 Å². The van der Waals surface area contributed by atoms with E-state index < -0.39 is 0 Å². The quantitative estimate of drug-likeness (QED) is 0.720. The zero-order valence-corrected chi connectivity index (χ0v) is 10.9. The van der Waals surface area contributed by atoms with Crippen LogP contribution in [0.4, 0.5) is 0 Å². The molecule has 4 heteroatoms. The van der Waals surface area contributed by atoms with Crippen LogP contribution in [0.2, 0.25) is 5.15 Å². The molecule has 3 nitrogen and oxygen atoms in total. The van der Waals surface area contributed by atoms with Crippen LogP contribution in [0.15, 0.2) is 18.3 Å². The topological polar surface area (TPSA) is 33.2 Å². The van der Waals surface area contributed by atoms with Gasteiger partial charge in [0.2, 0.25) is 0 Å². The fourth-order valence-electron chi connectivity index (χ4n) is 2.51. The normalized spacial score (nSPS) is 24.8. The number of piperidine rings is 1. The van der Waals surface area contributed by atoms with Crippen LogP contribution in [-0.4, -0.2) is 27.9 Å². The smallest absolute Gasteiger partial charge is 0.254 e. The van der Waals surface area contributed by atoms with Gasteiger partial charge in [0.1, 0.15) is 5.15 Å². The molecule has 1 aromatic heterocycles. The number of halogens is 1. The second kappa shape index (κ2) is 5.05. The van der Waals surface area contributed by atoms with Gasteiger partial charge in [-0.25, -0.2) is 4.98 Å². The lowest BCUT2D eigenvalue weighted by Gasteiger charge is -2.39. The van der Waals surface area contributed by atoms with E-state index in [4.69, 9.17) is 11.6 Å². The summed E-state index contributed by atoms with van der Waals surface area (Å²) >= 11 is 5.82. The third-order valence-electron chi connectivity index (χ3n) is 3.40. The van der Waals surface area contributed by atoms with Crippen LogP contribution in [0, 0.1) is 0 Å². The van der Waals surface area contributed by atoms with E-state index in [2.05, 4.69) is 18.8 Å². The molecule has 0 aromatic carbocycles. The first kappa shape index (κ1) is 12.4. The molecular formula is C13H17ClN2O. The maximum Gasteiger partial charge on any atom is 0.254 e. The first-order valence-corrected chi connectivity index (χ1v) is 6.41. The third-order valence-corrected chi connectivity index (χ3v) is 3.61. The average Bonchev–Trinajstić information content (AvgIpc) is 2.28. The fraction of sp³-hybridized carbons (Fsp3) is 0.538. The summed E-state index contributed by atoms with van der Waals surface area (Å²) in [6, 6.07) is 3.97. The Kier molecular flexibility index (Phi) is 3.67. The Balaban J connectivity index is 2.24. The molecule has 0 radical (unpaired) electrons. The summed E-state index contributed by atoms with van der Waals surface area (Å²) in [4.78, 5) is 18.3. The number of amides is 1. The lowest BCUT2D eigenvalue weighted by atomic mass is 9.96. The summed E-state index contributed by atoms with van der Waals surface area (Å²) in [7, 11) is 0. The molecule has 0 saturated carbocycles. The summed E-state index contributed by atoms with van der Waals surface area (Å²) in [5, 5.41) is 0.369. The van der Waals surface area contributed by atoms with E-state index >= 15 is 0 Å². The summed E-state index contributed by atoms with van der Waals surface area (Å²) in [5.74, 6) is 0.0639. The number of rotatable bonds is 1.